The lowest BCUT2D eigenvalue weighted by molar-refractivity contribution is -0.120. The number of thiophene rings is 1. The van der Waals surface area contributed by atoms with Gasteiger partial charge >= 0.3 is 0 Å². The van der Waals surface area contributed by atoms with E-state index >= 15 is 0 Å². The molecule has 3 N–H and O–H groups in total. The lowest BCUT2D eigenvalue weighted by Gasteiger charge is -2.10. The Bertz CT molecular complexity index is 436. The Labute approximate surface area is 124 Å². The van der Waals surface area contributed by atoms with E-state index in [4.69, 9.17) is 0 Å². The third-order valence-electron chi connectivity index (χ3n) is 2.36. The van der Waals surface area contributed by atoms with Gasteiger partial charge in [-0.05, 0) is 34.5 Å². The first-order valence-corrected chi connectivity index (χ1v) is 7.62. The van der Waals surface area contributed by atoms with Gasteiger partial charge in [-0.2, -0.15) is 0 Å². The summed E-state index contributed by atoms with van der Waals surface area (Å²) in [6.07, 6.45) is 0.981. The van der Waals surface area contributed by atoms with Crippen molar-refractivity contribution in [2.45, 2.75) is 25.9 Å². The highest BCUT2D eigenvalue weighted by atomic mass is 79.9. The maximum atomic E-state index is 11.7. The van der Waals surface area contributed by atoms with Crippen LogP contribution in [0.4, 0.5) is 0 Å². The van der Waals surface area contributed by atoms with Gasteiger partial charge in [0, 0.05) is 6.54 Å². The highest BCUT2D eigenvalue weighted by molar-refractivity contribution is 9.11. The van der Waals surface area contributed by atoms with Crippen LogP contribution in [-0.2, 0) is 4.79 Å². The lowest BCUT2D eigenvalue weighted by Crippen LogP contribution is -2.39. The molecule has 0 aliphatic heterocycles. The topological polar surface area (TPSA) is 78.4 Å². The van der Waals surface area contributed by atoms with Gasteiger partial charge in [-0.25, -0.2) is 0 Å². The van der Waals surface area contributed by atoms with E-state index in [9.17, 15) is 14.7 Å². The minimum atomic E-state index is -0.530. The fourth-order valence-corrected chi connectivity index (χ4v) is 2.72. The summed E-state index contributed by atoms with van der Waals surface area (Å²) in [5.74, 6) is -0.584. The molecule has 0 radical (unpaired) electrons. The number of carbonyl (C=O) groups excluding carboxylic acids is 2. The number of aliphatic hydroxyl groups is 1. The molecule has 0 aromatic carbocycles. The predicted octanol–water partition coefficient (Wildman–Crippen LogP) is 1.52. The van der Waals surface area contributed by atoms with Gasteiger partial charge < -0.3 is 15.7 Å². The maximum Gasteiger partial charge on any atom is 0.261 e. The predicted molar refractivity (Wildman–Crippen MR) is 78.3 cm³/mol. The van der Waals surface area contributed by atoms with Gasteiger partial charge in [-0.1, -0.05) is 13.3 Å². The van der Waals surface area contributed by atoms with Crippen LogP contribution in [0.2, 0.25) is 0 Å². The quantitative estimate of drug-likeness (QED) is 0.698. The number of rotatable bonds is 7. The first-order valence-electron chi connectivity index (χ1n) is 6.01. The fraction of sp³-hybridized carbons (Fsp3) is 0.500. The van der Waals surface area contributed by atoms with Crippen molar-refractivity contribution in [1.29, 1.82) is 0 Å². The monoisotopic (exact) mass is 348 g/mol. The zero-order valence-electron chi connectivity index (χ0n) is 10.6. The van der Waals surface area contributed by atoms with Crippen molar-refractivity contribution in [3.05, 3.63) is 20.8 Å². The Morgan fingerprint density at radius 1 is 1.42 bits per heavy atom. The maximum absolute atomic E-state index is 11.7. The largest absolute Gasteiger partial charge is 0.391 e. The molecule has 0 bridgehead atoms. The normalized spacial score (nSPS) is 11.9. The van der Waals surface area contributed by atoms with E-state index in [-0.39, 0.29) is 24.9 Å². The average Bonchev–Trinajstić information content (AvgIpc) is 2.80. The van der Waals surface area contributed by atoms with Crippen LogP contribution in [0.3, 0.4) is 0 Å². The zero-order chi connectivity index (χ0) is 14.3. The van der Waals surface area contributed by atoms with Gasteiger partial charge in [0.25, 0.3) is 5.91 Å². The Balaban J connectivity index is 2.25. The molecule has 1 atom stereocenters. The van der Waals surface area contributed by atoms with Crippen molar-refractivity contribution in [3.8, 4) is 0 Å². The second-order valence-corrected chi connectivity index (χ2v) is 6.50. The molecule has 5 nitrogen and oxygen atoms in total. The van der Waals surface area contributed by atoms with Crippen LogP contribution in [0.15, 0.2) is 15.9 Å². The van der Waals surface area contributed by atoms with Crippen LogP contribution in [0, 0.1) is 0 Å². The van der Waals surface area contributed by atoms with Crippen LogP contribution in [0.1, 0.15) is 29.4 Å². The number of hydrogen-bond acceptors (Lipinski definition) is 4. The van der Waals surface area contributed by atoms with E-state index in [1.54, 1.807) is 12.1 Å². The molecule has 0 spiro atoms. The van der Waals surface area contributed by atoms with Gasteiger partial charge in [0.1, 0.15) is 0 Å². The third kappa shape index (κ3) is 6.17. The molecule has 1 aromatic rings. The molecule has 1 aromatic heterocycles. The minimum Gasteiger partial charge on any atom is -0.391 e. The van der Waals surface area contributed by atoms with Crippen molar-refractivity contribution < 1.29 is 14.7 Å². The van der Waals surface area contributed by atoms with Crippen molar-refractivity contribution in [3.63, 3.8) is 0 Å². The molecule has 19 heavy (non-hydrogen) atoms. The molecule has 0 saturated heterocycles. The van der Waals surface area contributed by atoms with Crippen LogP contribution in [-0.4, -0.2) is 36.1 Å². The van der Waals surface area contributed by atoms with Crippen LogP contribution in [0.5, 0.6) is 0 Å². The van der Waals surface area contributed by atoms with Gasteiger partial charge in [0.15, 0.2) is 0 Å². The number of carbonyl (C=O) groups is 2. The molecule has 1 unspecified atom stereocenters. The first-order chi connectivity index (χ1) is 9.02. The molecule has 7 heteroatoms. The van der Waals surface area contributed by atoms with Crippen LogP contribution >= 0.6 is 27.3 Å². The van der Waals surface area contributed by atoms with Gasteiger partial charge in [-0.15, -0.1) is 11.3 Å². The fourth-order valence-electron chi connectivity index (χ4n) is 1.41. The van der Waals surface area contributed by atoms with E-state index in [1.165, 1.54) is 11.3 Å². The van der Waals surface area contributed by atoms with E-state index in [0.29, 0.717) is 11.3 Å². The number of amides is 2. The Morgan fingerprint density at radius 3 is 2.74 bits per heavy atom. The number of aliphatic hydroxyl groups excluding tert-OH is 1. The minimum absolute atomic E-state index is 0.0901. The summed E-state index contributed by atoms with van der Waals surface area (Å²) in [5.41, 5.74) is 0. The smallest absolute Gasteiger partial charge is 0.261 e. The molecule has 106 valence electrons. The lowest BCUT2D eigenvalue weighted by atomic mass is 10.2. The average molecular weight is 349 g/mol. The summed E-state index contributed by atoms with van der Waals surface area (Å²) in [6, 6.07) is 3.47. The van der Waals surface area contributed by atoms with Gasteiger partial charge in [0.2, 0.25) is 5.91 Å². The first kappa shape index (κ1) is 16.1. The van der Waals surface area contributed by atoms with E-state index in [1.807, 2.05) is 6.92 Å². The van der Waals surface area contributed by atoms with Crippen molar-refractivity contribution >= 4 is 39.1 Å². The number of nitrogens with one attached hydrogen (secondary N) is 2. The Kier molecular flexibility index (Phi) is 7.04. The molecular formula is C12H17BrN2O3S. The van der Waals surface area contributed by atoms with Gasteiger partial charge in [0.05, 0.1) is 21.3 Å². The Hall–Kier alpha value is -0.920. The molecule has 0 fully saturated rings. The zero-order valence-corrected chi connectivity index (χ0v) is 13.0. The molecule has 0 aliphatic rings. The summed E-state index contributed by atoms with van der Waals surface area (Å²) < 4.78 is 0.866. The molecule has 2 amide bonds. The second-order valence-electron chi connectivity index (χ2n) is 4.03. The molecule has 1 heterocycles. The van der Waals surface area contributed by atoms with E-state index in [0.717, 1.165) is 10.2 Å². The van der Waals surface area contributed by atoms with Crippen molar-refractivity contribution in [2.24, 2.45) is 0 Å². The highest BCUT2D eigenvalue weighted by Crippen LogP contribution is 2.21. The molecule has 0 aliphatic carbocycles. The molecule has 0 saturated carbocycles. The van der Waals surface area contributed by atoms with Crippen LogP contribution < -0.4 is 10.6 Å². The summed E-state index contributed by atoms with van der Waals surface area (Å²) in [7, 11) is 0. The third-order valence-corrected chi connectivity index (χ3v) is 3.99. The summed E-state index contributed by atoms with van der Waals surface area (Å²) in [6.45, 7) is 2.09. The van der Waals surface area contributed by atoms with Crippen molar-refractivity contribution in [2.75, 3.05) is 13.1 Å². The van der Waals surface area contributed by atoms with E-state index in [2.05, 4.69) is 26.6 Å². The molecular weight excluding hydrogens is 332 g/mol. The SMILES string of the molecule is CCCC(O)CNC(=O)CNC(=O)c1ccc(Br)s1. The highest BCUT2D eigenvalue weighted by Gasteiger charge is 2.11. The second kappa shape index (κ2) is 8.29. The summed E-state index contributed by atoms with van der Waals surface area (Å²) in [4.78, 5) is 23.6. The Morgan fingerprint density at radius 2 is 2.16 bits per heavy atom. The number of hydrogen-bond donors (Lipinski definition) is 3. The van der Waals surface area contributed by atoms with Crippen molar-refractivity contribution in [1.82, 2.24) is 10.6 Å². The molecule has 1 rings (SSSR count). The van der Waals surface area contributed by atoms with Crippen LogP contribution in [0.25, 0.3) is 0 Å². The standard InChI is InChI=1S/C12H17BrN2O3S/c1-2-3-8(16)6-14-11(17)7-15-12(18)9-4-5-10(13)19-9/h4-5,8,16H,2-3,6-7H2,1H3,(H,14,17)(H,15,18). The number of halogens is 1. The summed E-state index contributed by atoms with van der Waals surface area (Å²) in [5, 5.41) is 14.5. The van der Waals surface area contributed by atoms with Gasteiger partial charge in [-0.3, -0.25) is 9.59 Å². The summed E-state index contributed by atoms with van der Waals surface area (Å²) >= 11 is 4.57. The van der Waals surface area contributed by atoms with E-state index < -0.39 is 6.10 Å².